The van der Waals surface area contributed by atoms with Crippen LogP contribution in [0.3, 0.4) is 0 Å². The van der Waals surface area contributed by atoms with E-state index in [0.717, 1.165) is 42.1 Å². The van der Waals surface area contributed by atoms with Crippen molar-refractivity contribution in [3.8, 4) is 5.75 Å². The Morgan fingerprint density at radius 3 is 2.81 bits per heavy atom. The van der Waals surface area contributed by atoms with Gasteiger partial charge in [0.2, 0.25) is 0 Å². The second-order valence-electron chi connectivity index (χ2n) is 6.39. The van der Waals surface area contributed by atoms with Crippen LogP contribution in [0.15, 0.2) is 58.0 Å². The monoisotopic (exact) mass is 544 g/mol. The summed E-state index contributed by atoms with van der Waals surface area (Å²) in [5.74, 6) is 1.09. The van der Waals surface area contributed by atoms with Crippen LogP contribution in [-0.4, -0.2) is 36.7 Å². The highest BCUT2D eigenvalue weighted by molar-refractivity contribution is 14.0. The van der Waals surface area contributed by atoms with E-state index in [1.165, 1.54) is 5.69 Å². The predicted octanol–water partition coefficient (Wildman–Crippen LogP) is 4.11. The van der Waals surface area contributed by atoms with E-state index in [4.69, 9.17) is 0 Å². The molecule has 0 amide bonds. The van der Waals surface area contributed by atoms with Gasteiger partial charge in [0.1, 0.15) is 5.75 Å². The number of benzene rings is 2. The normalized spacial score (nSPS) is 16.7. The minimum absolute atomic E-state index is 0. The van der Waals surface area contributed by atoms with Crippen molar-refractivity contribution in [2.75, 3.05) is 24.5 Å². The molecule has 0 aromatic heterocycles. The van der Waals surface area contributed by atoms with Crippen LogP contribution in [0.25, 0.3) is 0 Å². The molecule has 27 heavy (non-hydrogen) atoms. The zero-order valence-corrected chi connectivity index (χ0v) is 19.3. The molecule has 0 aliphatic carbocycles. The smallest absolute Gasteiger partial charge is 0.191 e. The lowest BCUT2D eigenvalue weighted by molar-refractivity contribution is 0.474. The van der Waals surface area contributed by atoms with E-state index >= 15 is 0 Å². The summed E-state index contributed by atoms with van der Waals surface area (Å²) in [5, 5.41) is 16.4. The number of anilines is 1. The van der Waals surface area contributed by atoms with Gasteiger partial charge >= 0.3 is 0 Å². The van der Waals surface area contributed by atoms with Gasteiger partial charge in [-0.25, -0.2) is 4.99 Å². The van der Waals surface area contributed by atoms with Crippen LogP contribution in [0, 0.1) is 0 Å². The summed E-state index contributed by atoms with van der Waals surface area (Å²) in [6, 6.07) is 15.9. The number of nitrogens with zero attached hydrogens (tertiary/aromatic N) is 2. The molecule has 146 valence electrons. The van der Waals surface area contributed by atoms with Gasteiger partial charge in [0.05, 0.1) is 12.2 Å². The minimum Gasteiger partial charge on any atom is -0.508 e. The maximum Gasteiger partial charge on any atom is 0.191 e. The van der Waals surface area contributed by atoms with Crippen molar-refractivity contribution in [2.45, 2.75) is 25.9 Å². The molecule has 1 unspecified atom stereocenters. The highest BCUT2D eigenvalue weighted by atomic mass is 127. The third-order valence-electron chi connectivity index (χ3n) is 4.40. The first-order valence-corrected chi connectivity index (χ1v) is 9.77. The number of hydrogen-bond acceptors (Lipinski definition) is 3. The number of hydrogen-bond donors (Lipinski definition) is 3. The van der Waals surface area contributed by atoms with Crippen LogP contribution in [0.2, 0.25) is 0 Å². The maximum absolute atomic E-state index is 9.58. The van der Waals surface area contributed by atoms with Crippen LogP contribution in [-0.2, 0) is 6.54 Å². The highest BCUT2D eigenvalue weighted by Crippen LogP contribution is 2.28. The van der Waals surface area contributed by atoms with Crippen molar-refractivity contribution in [3.63, 3.8) is 0 Å². The molecule has 1 heterocycles. The van der Waals surface area contributed by atoms with E-state index in [1.54, 1.807) is 12.1 Å². The molecule has 1 aliphatic heterocycles. The fourth-order valence-electron chi connectivity index (χ4n) is 3.14. The fourth-order valence-corrected chi connectivity index (χ4v) is 3.68. The van der Waals surface area contributed by atoms with Crippen LogP contribution in [0.1, 0.15) is 18.9 Å². The Morgan fingerprint density at radius 2 is 2.07 bits per heavy atom. The van der Waals surface area contributed by atoms with Gasteiger partial charge in [0, 0.05) is 30.1 Å². The summed E-state index contributed by atoms with van der Waals surface area (Å²) in [6.07, 6.45) is 1.07. The number of phenols is 1. The third-order valence-corrected chi connectivity index (χ3v) is 5.07. The maximum atomic E-state index is 9.58. The standard InChI is InChI=1S/C20H25BrN4O.HI/c1-2-22-20(23-13-15-6-5-7-17(26)12-15)24-16-10-11-25(14-16)19-9-4-3-8-18(19)21;/h3-9,12,16,26H,2,10-11,13-14H2,1H3,(H2,22,23,24);1H. The summed E-state index contributed by atoms with van der Waals surface area (Å²) in [4.78, 5) is 7.05. The average Bonchev–Trinajstić information content (AvgIpc) is 3.09. The molecule has 1 atom stereocenters. The second-order valence-corrected chi connectivity index (χ2v) is 7.25. The zero-order chi connectivity index (χ0) is 18.4. The Balaban J connectivity index is 0.00000261. The van der Waals surface area contributed by atoms with Gasteiger partial charge in [-0.2, -0.15) is 0 Å². The van der Waals surface area contributed by atoms with Crippen molar-refractivity contribution in [3.05, 3.63) is 58.6 Å². The molecule has 2 aromatic carbocycles. The number of aromatic hydroxyl groups is 1. The Hall–Kier alpha value is -1.48. The van der Waals surface area contributed by atoms with E-state index in [9.17, 15) is 5.11 Å². The number of nitrogens with one attached hydrogen (secondary N) is 2. The number of guanidine groups is 1. The Labute approximate surface area is 186 Å². The Bertz CT molecular complexity index is 771. The molecule has 3 N–H and O–H groups in total. The molecule has 1 aliphatic rings. The van der Waals surface area contributed by atoms with Crippen molar-refractivity contribution < 1.29 is 5.11 Å². The van der Waals surface area contributed by atoms with Crippen molar-refractivity contribution >= 4 is 51.6 Å². The number of phenolic OH excluding ortho intramolecular Hbond substituents is 1. The number of rotatable bonds is 5. The predicted molar refractivity (Wildman–Crippen MR) is 126 cm³/mol. The highest BCUT2D eigenvalue weighted by Gasteiger charge is 2.24. The van der Waals surface area contributed by atoms with Gasteiger partial charge in [-0.05, 0) is 59.1 Å². The van der Waals surface area contributed by atoms with E-state index in [-0.39, 0.29) is 29.7 Å². The molecule has 5 nitrogen and oxygen atoms in total. The molecule has 0 saturated carbocycles. The second kappa shape index (κ2) is 10.8. The molecule has 1 saturated heterocycles. The molecule has 0 bridgehead atoms. The first-order valence-electron chi connectivity index (χ1n) is 8.98. The lowest BCUT2D eigenvalue weighted by atomic mass is 10.2. The molecule has 0 spiro atoms. The summed E-state index contributed by atoms with van der Waals surface area (Å²) in [7, 11) is 0. The van der Waals surface area contributed by atoms with Gasteiger partial charge in [0.15, 0.2) is 5.96 Å². The van der Waals surface area contributed by atoms with Crippen LogP contribution in [0.4, 0.5) is 5.69 Å². The first kappa shape index (κ1) is 21.8. The van der Waals surface area contributed by atoms with E-state index in [1.807, 2.05) is 18.2 Å². The number of para-hydroxylation sites is 1. The van der Waals surface area contributed by atoms with Gasteiger partial charge in [-0.1, -0.05) is 24.3 Å². The van der Waals surface area contributed by atoms with Crippen molar-refractivity contribution in [2.24, 2.45) is 4.99 Å². The van der Waals surface area contributed by atoms with Crippen molar-refractivity contribution in [1.82, 2.24) is 10.6 Å². The summed E-state index contributed by atoms with van der Waals surface area (Å²) < 4.78 is 1.13. The average molecular weight is 545 g/mol. The topological polar surface area (TPSA) is 59.9 Å². The summed E-state index contributed by atoms with van der Waals surface area (Å²) in [5.41, 5.74) is 2.22. The van der Waals surface area contributed by atoms with E-state index in [2.05, 4.69) is 61.6 Å². The quantitative estimate of drug-likeness (QED) is 0.301. The lowest BCUT2D eigenvalue weighted by Gasteiger charge is -2.21. The molecule has 1 fully saturated rings. The van der Waals surface area contributed by atoms with E-state index < -0.39 is 0 Å². The van der Waals surface area contributed by atoms with E-state index in [0.29, 0.717) is 12.6 Å². The van der Waals surface area contributed by atoms with Gasteiger partial charge in [-0.15, -0.1) is 24.0 Å². The Kier molecular flexibility index (Phi) is 8.69. The SMILES string of the molecule is CCNC(=NCc1cccc(O)c1)NC1CCN(c2ccccc2Br)C1.I. The summed E-state index contributed by atoms with van der Waals surface area (Å²) in [6.45, 7) is 5.37. The molecular weight excluding hydrogens is 519 g/mol. The zero-order valence-electron chi connectivity index (χ0n) is 15.4. The largest absolute Gasteiger partial charge is 0.508 e. The van der Waals surface area contributed by atoms with Gasteiger partial charge in [0.25, 0.3) is 0 Å². The van der Waals surface area contributed by atoms with Crippen LogP contribution >= 0.6 is 39.9 Å². The van der Waals surface area contributed by atoms with Crippen LogP contribution < -0.4 is 15.5 Å². The van der Waals surface area contributed by atoms with Crippen molar-refractivity contribution in [1.29, 1.82) is 0 Å². The summed E-state index contributed by atoms with van der Waals surface area (Å²) >= 11 is 3.64. The molecule has 3 rings (SSSR count). The molecule has 0 radical (unpaired) electrons. The van der Waals surface area contributed by atoms with Crippen LogP contribution in [0.5, 0.6) is 5.75 Å². The number of aliphatic imine (C=N–C) groups is 1. The first-order chi connectivity index (χ1) is 12.7. The molecular formula is C20H26BrIN4O. The lowest BCUT2D eigenvalue weighted by Crippen LogP contribution is -2.44. The minimum atomic E-state index is 0. The van der Waals surface area contributed by atoms with Gasteiger partial charge in [-0.3, -0.25) is 0 Å². The van der Waals surface area contributed by atoms with Gasteiger partial charge < -0.3 is 20.6 Å². The Morgan fingerprint density at radius 1 is 1.26 bits per heavy atom. The number of halogens is 2. The molecule has 2 aromatic rings. The molecule has 7 heteroatoms. The fraction of sp³-hybridized carbons (Fsp3) is 0.350. The third kappa shape index (κ3) is 6.27.